The van der Waals surface area contributed by atoms with Gasteiger partial charge in [0, 0.05) is 6.21 Å². The third-order valence-electron chi connectivity index (χ3n) is 1.58. The van der Waals surface area contributed by atoms with Gasteiger partial charge < -0.3 is 5.43 Å². The van der Waals surface area contributed by atoms with Gasteiger partial charge in [-0.2, -0.15) is 0 Å². The monoisotopic (exact) mass is 163 g/mol. The fourth-order valence-electron chi connectivity index (χ4n) is 1.02. The molecular formula is C9H13N3. The Kier molecular flexibility index (Phi) is 2.82. The molecule has 0 saturated carbocycles. The van der Waals surface area contributed by atoms with E-state index in [-0.39, 0.29) is 0 Å². The van der Waals surface area contributed by atoms with Gasteiger partial charge in [-0.1, -0.05) is 6.07 Å². The van der Waals surface area contributed by atoms with Crippen molar-refractivity contribution in [2.45, 2.75) is 13.8 Å². The highest BCUT2D eigenvalue weighted by Gasteiger charge is 1.97. The second-order valence-electron chi connectivity index (χ2n) is 2.55. The second-order valence-corrected chi connectivity index (χ2v) is 2.55. The molecule has 0 atom stereocenters. The molecule has 0 aromatic heterocycles. The molecule has 1 rings (SSSR count). The van der Waals surface area contributed by atoms with Gasteiger partial charge in [-0.15, -0.1) is 0 Å². The summed E-state index contributed by atoms with van der Waals surface area (Å²) in [6, 6.07) is 5.90. The van der Waals surface area contributed by atoms with Crippen molar-refractivity contribution in [3.63, 3.8) is 0 Å². The molecular weight excluding hydrogens is 150 g/mol. The van der Waals surface area contributed by atoms with Crippen LogP contribution in [0.15, 0.2) is 23.2 Å². The fourth-order valence-corrected chi connectivity index (χ4v) is 1.02. The Morgan fingerprint density at radius 3 is 2.83 bits per heavy atom. The predicted molar refractivity (Wildman–Crippen MR) is 52.8 cm³/mol. The van der Waals surface area contributed by atoms with Crippen molar-refractivity contribution >= 4 is 17.6 Å². The van der Waals surface area contributed by atoms with Gasteiger partial charge in [-0.05, 0) is 31.5 Å². The van der Waals surface area contributed by atoms with Gasteiger partial charge in [0.25, 0.3) is 0 Å². The number of nitrogens with zero attached hydrogens (tertiary/aromatic N) is 1. The maximum Gasteiger partial charge on any atom is 0.0870 e. The number of hydrogen-bond donors (Lipinski definition) is 2. The molecule has 0 fully saturated rings. The number of nitrogens with two attached hydrogens (primary N) is 1. The van der Waals surface area contributed by atoms with Crippen molar-refractivity contribution in [1.29, 1.82) is 0 Å². The van der Waals surface area contributed by atoms with Crippen LogP contribution in [0.4, 0.5) is 11.4 Å². The lowest BCUT2D eigenvalue weighted by molar-refractivity contribution is 1.32. The lowest BCUT2D eigenvalue weighted by atomic mass is 10.2. The maximum atomic E-state index is 5.33. The standard InChI is InChI=1S/C9H13N3/c1-3-11-8-5-4-7(2)6-9(8)12-10/h3-6,12H,10H2,1-2H3. The van der Waals surface area contributed by atoms with E-state index in [0.29, 0.717) is 0 Å². The van der Waals surface area contributed by atoms with E-state index in [1.807, 2.05) is 32.0 Å². The molecule has 0 bridgehead atoms. The van der Waals surface area contributed by atoms with Crippen LogP contribution in [-0.2, 0) is 0 Å². The zero-order valence-electron chi connectivity index (χ0n) is 7.33. The smallest absolute Gasteiger partial charge is 0.0870 e. The Labute approximate surface area is 72.3 Å². The summed E-state index contributed by atoms with van der Waals surface area (Å²) in [5.74, 6) is 5.33. The molecule has 3 nitrogen and oxygen atoms in total. The van der Waals surface area contributed by atoms with Gasteiger partial charge in [0.05, 0.1) is 11.4 Å². The minimum Gasteiger partial charge on any atom is -0.322 e. The fraction of sp³-hybridized carbons (Fsp3) is 0.222. The molecule has 0 aliphatic carbocycles. The first kappa shape index (κ1) is 8.74. The summed E-state index contributed by atoms with van der Waals surface area (Å²) in [7, 11) is 0. The quantitative estimate of drug-likeness (QED) is 0.398. The van der Waals surface area contributed by atoms with Crippen molar-refractivity contribution in [2.24, 2.45) is 10.8 Å². The Morgan fingerprint density at radius 2 is 2.25 bits per heavy atom. The number of rotatable bonds is 2. The average molecular weight is 163 g/mol. The van der Waals surface area contributed by atoms with Gasteiger partial charge in [0.1, 0.15) is 0 Å². The number of aryl methyl sites for hydroxylation is 1. The van der Waals surface area contributed by atoms with E-state index in [1.165, 1.54) is 0 Å². The van der Waals surface area contributed by atoms with Gasteiger partial charge in [0.15, 0.2) is 0 Å². The first-order chi connectivity index (χ1) is 5.77. The van der Waals surface area contributed by atoms with Crippen molar-refractivity contribution in [3.05, 3.63) is 23.8 Å². The van der Waals surface area contributed by atoms with E-state index in [4.69, 9.17) is 5.84 Å². The predicted octanol–water partition coefficient (Wildman–Crippen LogP) is 2.00. The first-order valence-corrected chi connectivity index (χ1v) is 3.84. The minimum atomic E-state index is 0.855. The Morgan fingerprint density at radius 1 is 1.50 bits per heavy atom. The third-order valence-corrected chi connectivity index (χ3v) is 1.58. The SMILES string of the molecule is CC=Nc1ccc(C)cc1NN. The summed E-state index contributed by atoms with van der Waals surface area (Å²) < 4.78 is 0. The molecule has 0 aliphatic heterocycles. The second kappa shape index (κ2) is 3.88. The molecule has 12 heavy (non-hydrogen) atoms. The maximum absolute atomic E-state index is 5.33. The number of anilines is 1. The van der Waals surface area contributed by atoms with Crippen molar-refractivity contribution in [1.82, 2.24) is 0 Å². The van der Waals surface area contributed by atoms with E-state index < -0.39 is 0 Å². The molecule has 64 valence electrons. The van der Waals surface area contributed by atoms with E-state index in [0.717, 1.165) is 16.9 Å². The number of nitrogens with one attached hydrogen (secondary N) is 1. The van der Waals surface area contributed by atoms with Crippen LogP contribution in [0.25, 0.3) is 0 Å². The van der Waals surface area contributed by atoms with Crippen LogP contribution in [0, 0.1) is 6.92 Å². The summed E-state index contributed by atoms with van der Waals surface area (Å²) in [6.07, 6.45) is 1.74. The summed E-state index contributed by atoms with van der Waals surface area (Å²) >= 11 is 0. The summed E-state index contributed by atoms with van der Waals surface area (Å²) in [5, 5.41) is 0. The Bertz CT molecular complexity index is 292. The number of nitrogen functional groups attached to an aromatic ring is 1. The number of aliphatic imine (C=N–C) groups is 1. The van der Waals surface area contributed by atoms with Gasteiger partial charge >= 0.3 is 0 Å². The molecule has 0 aliphatic rings. The summed E-state index contributed by atoms with van der Waals surface area (Å²) in [5.41, 5.74) is 5.49. The highest BCUT2D eigenvalue weighted by atomic mass is 15.2. The van der Waals surface area contributed by atoms with Gasteiger partial charge in [-0.3, -0.25) is 10.8 Å². The Hall–Kier alpha value is -1.35. The van der Waals surface area contributed by atoms with Crippen molar-refractivity contribution < 1.29 is 0 Å². The zero-order valence-corrected chi connectivity index (χ0v) is 7.33. The van der Waals surface area contributed by atoms with Crippen molar-refractivity contribution in [2.75, 3.05) is 5.43 Å². The molecule has 0 spiro atoms. The minimum absolute atomic E-state index is 0.855. The van der Waals surface area contributed by atoms with E-state index in [2.05, 4.69) is 10.4 Å². The molecule has 0 heterocycles. The molecule has 3 N–H and O–H groups in total. The molecule has 0 radical (unpaired) electrons. The molecule has 0 saturated heterocycles. The van der Waals surface area contributed by atoms with E-state index in [9.17, 15) is 0 Å². The third kappa shape index (κ3) is 1.83. The average Bonchev–Trinajstić information content (AvgIpc) is 2.08. The largest absolute Gasteiger partial charge is 0.322 e. The number of hydrogen-bond acceptors (Lipinski definition) is 3. The number of benzene rings is 1. The normalized spacial score (nSPS) is 10.6. The lowest BCUT2D eigenvalue weighted by Gasteiger charge is -2.04. The van der Waals surface area contributed by atoms with Crippen LogP contribution in [-0.4, -0.2) is 6.21 Å². The van der Waals surface area contributed by atoms with Crippen molar-refractivity contribution in [3.8, 4) is 0 Å². The van der Waals surface area contributed by atoms with Crippen LogP contribution in [0.5, 0.6) is 0 Å². The Balaban J connectivity index is 3.10. The zero-order chi connectivity index (χ0) is 8.97. The van der Waals surface area contributed by atoms with E-state index >= 15 is 0 Å². The molecule has 1 aromatic rings. The highest BCUT2D eigenvalue weighted by molar-refractivity contribution is 5.71. The molecule has 3 heteroatoms. The topological polar surface area (TPSA) is 50.4 Å². The molecule has 0 amide bonds. The van der Waals surface area contributed by atoms with E-state index in [1.54, 1.807) is 6.21 Å². The van der Waals surface area contributed by atoms with Crippen LogP contribution in [0.3, 0.4) is 0 Å². The summed E-state index contributed by atoms with van der Waals surface area (Å²) in [6.45, 7) is 3.89. The van der Waals surface area contributed by atoms with Gasteiger partial charge in [-0.25, -0.2) is 0 Å². The lowest BCUT2D eigenvalue weighted by Crippen LogP contribution is -2.06. The van der Waals surface area contributed by atoms with Crippen LogP contribution < -0.4 is 11.3 Å². The molecule has 0 unspecified atom stereocenters. The van der Waals surface area contributed by atoms with Crippen LogP contribution >= 0.6 is 0 Å². The number of hydrazine groups is 1. The summed E-state index contributed by atoms with van der Waals surface area (Å²) in [4.78, 5) is 4.15. The first-order valence-electron chi connectivity index (χ1n) is 3.84. The highest BCUT2D eigenvalue weighted by Crippen LogP contribution is 2.24. The van der Waals surface area contributed by atoms with Gasteiger partial charge in [0.2, 0.25) is 0 Å². The van der Waals surface area contributed by atoms with Crippen LogP contribution in [0.1, 0.15) is 12.5 Å². The van der Waals surface area contributed by atoms with Crippen LogP contribution in [0.2, 0.25) is 0 Å². The molecule has 1 aromatic carbocycles.